The first-order chi connectivity index (χ1) is 28.4. The van der Waals surface area contributed by atoms with Crippen LogP contribution >= 0.6 is 0 Å². The van der Waals surface area contributed by atoms with Gasteiger partial charge >= 0.3 is 0 Å². The van der Waals surface area contributed by atoms with E-state index in [1.165, 1.54) is 14.2 Å². The Bertz CT molecular complexity index is 1580. The number of benzene rings is 1. The summed E-state index contributed by atoms with van der Waals surface area (Å²) in [5.74, 6) is -3.59. The highest BCUT2D eigenvalue weighted by Crippen LogP contribution is 2.30. The molecule has 2 rings (SSSR count). The Morgan fingerprint density at radius 1 is 0.930 bits per heavy atom. The number of hydrogen-bond donors (Lipinski definition) is 4. The summed E-state index contributed by atoms with van der Waals surface area (Å²) in [6.07, 6.45) is -2.62. The van der Waals surface area contributed by atoms with Crippen molar-refractivity contribution in [2.24, 2.45) is 23.7 Å². The van der Waals surface area contributed by atoms with Gasteiger partial charge in [0.15, 0.2) is 0 Å². The van der Waals surface area contributed by atoms with Gasteiger partial charge in [0, 0.05) is 52.8 Å². The van der Waals surface area contributed by atoms with Crippen LogP contribution in [0.15, 0.2) is 30.3 Å². The van der Waals surface area contributed by atoms with Crippen molar-refractivity contribution in [1.29, 1.82) is 0 Å². The van der Waals surface area contributed by atoms with Gasteiger partial charge in [-0.25, -0.2) is 0 Å². The van der Waals surface area contributed by atoms with Gasteiger partial charge in [-0.05, 0) is 56.6 Å². The molecule has 14 nitrogen and oxygen atoms in total. The van der Waals surface area contributed by atoms with Gasteiger partial charge in [-0.1, -0.05) is 85.2 Å². The van der Waals surface area contributed by atoms with E-state index >= 15 is 0 Å². The monoisotopic (exact) mass is 807 g/mol. The second kappa shape index (κ2) is 24.4. The Balaban J connectivity index is 2.35. The second-order valence-corrected chi connectivity index (χ2v) is 16.2. The summed E-state index contributed by atoms with van der Waals surface area (Å²) in [6, 6.07) is 5.10. The standard InChI is InChI=1S/C43H74N6O8/c1-13-29(6)38(48(10)43(55)36(27(2)3)46-42(54)37(28(4)5)47(8)9)34(56-11)26-35(51)49-23-17-21-33(49)39(57-12)30(7)40(52)45-32(41(53)44-22-18-24-50)25-31-19-15-14-16-20-31/h14-16,19-20,27-30,32-34,36-39,50H,13,17-18,21-26H2,1-12H3,(H,44,53)(H,45,52)(H,46,54)/t29-,30+,32-,33-,34+,36-,37-,38-,39+/m0/s1/i18D2,22D2. The second-order valence-electron chi connectivity index (χ2n) is 16.2. The predicted octanol–water partition coefficient (Wildman–Crippen LogP) is 2.86. The van der Waals surface area contributed by atoms with Gasteiger partial charge in [0.2, 0.25) is 29.5 Å². The molecule has 1 saturated heterocycles. The molecule has 0 unspecified atom stereocenters. The average molecular weight is 807 g/mol. The number of carbonyl (C=O) groups is 5. The molecule has 5 amide bonds. The van der Waals surface area contributed by atoms with Crippen LogP contribution < -0.4 is 16.0 Å². The molecule has 0 bridgehead atoms. The molecule has 0 spiro atoms. The van der Waals surface area contributed by atoms with Crippen LogP contribution in [0.25, 0.3) is 0 Å². The molecule has 0 radical (unpaired) electrons. The molecule has 57 heavy (non-hydrogen) atoms. The van der Waals surface area contributed by atoms with Crippen LogP contribution in [0.3, 0.4) is 0 Å². The Morgan fingerprint density at radius 3 is 2.11 bits per heavy atom. The minimum atomic E-state index is -2.96. The molecule has 1 aromatic rings. The first kappa shape index (κ1) is 43.0. The van der Waals surface area contributed by atoms with Crippen molar-refractivity contribution in [2.75, 3.05) is 55.0 Å². The van der Waals surface area contributed by atoms with E-state index in [1.54, 1.807) is 54.1 Å². The van der Waals surface area contributed by atoms with Gasteiger partial charge in [0.25, 0.3) is 0 Å². The molecule has 0 saturated carbocycles. The summed E-state index contributed by atoms with van der Waals surface area (Å²) >= 11 is 0. The smallest absolute Gasteiger partial charge is 0.245 e. The number of aliphatic hydroxyl groups excluding tert-OH is 1. The number of likely N-dealkylation sites (tertiary alicyclic amines) is 1. The van der Waals surface area contributed by atoms with Crippen LogP contribution in [0.4, 0.5) is 0 Å². The van der Waals surface area contributed by atoms with Crippen molar-refractivity contribution < 1.29 is 44.0 Å². The number of amides is 5. The third-order valence-corrected chi connectivity index (χ3v) is 11.2. The van der Waals surface area contributed by atoms with E-state index in [1.807, 2.05) is 65.9 Å². The van der Waals surface area contributed by atoms with Gasteiger partial charge in [-0.2, -0.15) is 0 Å². The summed E-state index contributed by atoms with van der Waals surface area (Å²) in [7, 11) is 8.30. The number of likely N-dealkylation sites (N-methyl/N-ethyl adjacent to an activating group) is 2. The van der Waals surface area contributed by atoms with E-state index < -0.39 is 79.6 Å². The quantitative estimate of drug-likeness (QED) is 0.123. The highest BCUT2D eigenvalue weighted by molar-refractivity contribution is 5.90. The first-order valence-corrected chi connectivity index (χ1v) is 20.3. The topological polar surface area (TPSA) is 170 Å². The predicted molar refractivity (Wildman–Crippen MR) is 222 cm³/mol. The largest absolute Gasteiger partial charge is 0.396 e. The number of hydrogen-bond acceptors (Lipinski definition) is 9. The summed E-state index contributed by atoms with van der Waals surface area (Å²) < 4.78 is 43.9. The Kier molecular flexibility index (Phi) is 18.4. The van der Waals surface area contributed by atoms with E-state index in [9.17, 15) is 29.1 Å². The number of aliphatic hydroxyl groups is 1. The van der Waals surface area contributed by atoms with Crippen molar-refractivity contribution in [1.82, 2.24) is 30.7 Å². The SMILES string of the molecule is [2H]C([2H])(CO)C([2H])([2H])NC(=O)[C@H](Cc1ccccc1)NC(=O)[C@H](C)[C@@H](OC)[C@@H]1CCCN1C(=O)C[C@@H](OC)[C@H]([C@@H](C)CC)N(C)C(=O)[C@@H](NC(=O)[C@H](C(C)C)N(C)C)C(C)C. The van der Waals surface area contributed by atoms with Crippen LogP contribution in [0, 0.1) is 23.7 Å². The molecule has 1 aliphatic rings. The van der Waals surface area contributed by atoms with Gasteiger partial charge in [-0.3, -0.25) is 28.9 Å². The molecular weight excluding hydrogens is 729 g/mol. The molecule has 0 aliphatic carbocycles. The van der Waals surface area contributed by atoms with Crippen LogP contribution in [-0.2, 0) is 39.9 Å². The number of ether oxygens (including phenoxy) is 2. The lowest BCUT2D eigenvalue weighted by Crippen LogP contribution is -2.59. The fraction of sp³-hybridized carbons (Fsp3) is 0.744. The highest BCUT2D eigenvalue weighted by atomic mass is 16.5. The third kappa shape index (κ3) is 14.0. The normalized spacial score (nSPS) is 20.2. The maximum atomic E-state index is 14.3. The minimum absolute atomic E-state index is 0.00703. The number of nitrogens with one attached hydrogen (secondary N) is 3. The molecule has 1 aromatic carbocycles. The van der Waals surface area contributed by atoms with Crippen molar-refractivity contribution in [3.05, 3.63) is 35.9 Å². The lowest BCUT2D eigenvalue weighted by atomic mass is 9.89. The number of carbonyl (C=O) groups excluding carboxylic acids is 5. The minimum Gasteiger partial charge on any atom is -0.396 e. The van der Waals surface area contributed by atoms with Crippen LogP contribution in [0.2, 0.25) is 0 Å². The number of nitrogens with zero attached hydrogens (tertiary/aromatic N) is 3. The molecule has 0 aromatic heterocycles. The first-order valence-electron chi connectivity index (χ1n) is 22.3. The van der Waals surface area contributed by atoms with E-state index in [2.05, 4.69) is 10.6 Å². The summed E-state index contributed by atoms with van der Waals surface area (Å²) in [5, 5.41) is 17.2. The maximum Gasteiger partial charge on any atom is 0.245 e. The zero-order valence-electron chi connectivity index (χ0n) is 40.3. The number of rotatable bonds is 24. The maximum absolute atomic E-state index is 14.3. The van der Waals surface area contributed by atoms with E-state index in [0.717, 1.165) is 0 Å². The van der Waals surface area contributed by atoms with Crippen LogP contribution in [0.1, 0.15) is 91.6 Å². The molecule has 1 aliphatic heterocycles. The molecular formula is C43H74N6O8. The highest BCUT2D eigenvalue weighted by Gasteiger charge is 2.43. The van der Waals surface area contributed by atoms with Gasteiger partial charge in [0.1, 0.15) is 12.1 Å². The Labute approximate surface area is 347 Å². The molecule has 14 heteroatoms. The molecule has 4 N–H and O–H groups in total. The van der Waals surface area contributed by atoms with Crippen molar-refractivity contribution in [2.45, 2.75) is 129 Å². The Hall–Kier alpha value is -3.59. The van der Waals surface area contributed by atoms with Crippen LogP contribution in [-0.4, -0.2) is 147 Å². The molecule has 9 atom stereocenters. The third-order valence-electron chi connectivity index (χ3n) is 11.2. The Morgan fingerprint density at radius 2 is 1.58 bits per heavy atom. The zero-order chi connectivity index (χ0) is 46.6. The summed E-state index contributed by atoms with van der Waals surface area (Å²) in [6.45, 7) is 9.53. The van der Waals surface area contributed by atoms with Crippen LogP contribution in [0.5, 0.6) is 0 Å². The summed E-state index contributed by atoms with van der Waals surface area (Å²) in [5.41, 5.74) is 0.654. The van der Waals surface area contributed by atoms with Gasteiger partial charge in [0.05, 0.1) is 42.7 Å². The molecule has 1 fully saturated rings. The lowest BCUT2D eigenvalue weighted by Gasteiger charge is -2.41. The molecule has 324 valence electrons. The lowest BCUT2D eigenvalue weighted by molar-refractivity contribution is -0.148. The fourth-order valence-corrected chi connectivity index (χ4v) is 8.01. The fourth-order valence-electron chi connectivity index (χ4n) is 8.01. The van der Waals surface area contributed by atoms with E-state index in [4.69, 9.17) is 15.0 Å². The van der Waals surface area contributed by atoms with Gasteiger partial charge < -0.3 is 40.3 Å². The van der Waals surface area contributed by atoms with Crippen molar-refractivity contribution in [3.8, 4) is 0 Å². The van der Waals surface area contributed by atoms with Crippen molar-refractivity contribution >= 4 is 29.5 Å². The molecule has 1 heterocycles. The van der Waals surface area contributed by atoms with Gasteiger partial charge in [-0.15, -0.1) is 0 Å². The average Bonchev–Trinajstić information content (AvgIpc) is 3.68. The van der Waals surface area contributed by atoms with E-state index in [0.29, 0.717) is 31.4 Å². The zero-order valence-corrected chi connectivity index (χ0v) is 36.3. The van der Waals surface area contributed by atoms with Crippen molar-refractivity contribution in [3.63, 3.8) is 0 Å². The summed E-state index contributed by atoms with van der Waals surface area (Å²) in [4.78, 5) is 74.7. The van der Waals surface area contributed by atoms with E-state index in [-0.39, 0.29) is 48.3 Å². The number of methoxy groups -OCH3 is 2.